The minimum Gasteiger partial charge on any atom is -0.313 e. The van der Waals surface area contributed by atoms with Crippen LogP contribution in [-0.4, -0.2) is 36.6 Å². The van der Waals surface area contributed by atoms with Gasteiger partial charge in [0.15, 0.2) is 0 Å². The summed E-state index contributed by atoms with van der Waals surface area (Å²) in [5.41, 5.74) is 0.485. The average molecular weight is 293 g/mol. The molecule has 1 saturated heterocycles. The second-order valence-electron chi connectivity index (χ2n) is 8.44. The zero-order chi connectivity index (χ0) is 14.7. The molecule has 2 nitrogen and oxygen atoms in total. The summed E-state index contributed by atoms with van der Waals surface area (Å²) in [6, 6.07) is 1.77. The lowest BCUT2D eigenvalue weighted by molar-refractivity contribution is 0.111. The van der Waals surface area contributed by atoms with Gasteiger partial charge in [-0.3, -0.25) is 4.90 Å². The smallest absolute Gasteiger partial charge is 0.0124 e. The fourth-order valence-corrected chi connectivity index (χ4v) is 4.92. The number of nitrogens with zero attached hydrogens (tertiary/aromatic N) is 1. The highest BCUT2D eigenvalue weighted by Crippen LogP contribution is 2.37. The molecule has 122 valence electrons. The molecule has 2 unspecified atom stereocenters. The van der Waals surface area contributed by atoms with Gasteiger partial charge in [0.05, 0.1) is 0 Å². The first-order chi connectivity index (χ1) is 10.2. The molecular formula is C19H36N2. The summed E-state index contributed by atoms with van der Waals surface area (Å²) in [4.78, 5) is 2.89. The van der Waals surface area contributed by atoms with Crippen LogP contribution in [0.5, 0.6) is 0 Å². The van der Waals surface area contributed by atoms with Gasteiger partial charge in [-0.05, 0) is 62.8 Å². The van der Waals surface area contributed by atoms with Crippen molar-refractivity contribution in [3.05, 3.63) is 0 Å². The fourth-order valence-electron chi connectivity index (χ4n) is 4.92. The molecule has 0 amide bonds. The molecule has 1 aliphatic heterocycles. The molecule has 2 atom stereocenters. The van der Waals surface area contributed by atoms with Gasteiger partial charge in [-0.25, -0.2) is 0 Å². The van der Waals surface area contributed by atoms with Gasteiger partial charge in [-0.15, -0.1) is 0 Å². The van der Waals surface area contributed by atoms with Gasteiger partial charge in [0.2, 0.25) is 0 Å². The van der Waals surface area contributed by atoms with Crippen LogP contribution in [0.4, 0.5) is 0 Å². The number of rotatable bonds is 8. The molecule has 3 fully saturated rings. The van der Waals surface area contributed by atoms with Crippen molar-refractivity contribution in [1.29, 1.82) is 0 Å². The lowest BCUT2D eigenvalue weighted by Gasteiger charge is -2.38. The Bertz CT molecular complexity index is 320. The predicted octanol–water partition coefficient (Wildman–Crippen LogP) is 4.20. The summed E-state index contributed by atoms with van der Waals surface area (Å²) in [6.07, 6.45) is 14.4. The Labute approximate surface area is 132 Å². The van der Waals surface area contributed by atoms with E-state index in [1.54, 1.807) is 0 Å². The molecule has 2 aliphatic carbocycles. The first-order valence-electron chi connectivity index (χ1n) is 9.68. The van der Waals surface area contributed by atoms with E-state index < -0.39 is 0 Å². The van der Waals surface area contributed by atoms with Crippen LogP contribution < -0.4 is 5.32 Å². The molecule has 0 aromatic heterocycles. The van der Waals surface area contributed by atoms with Crippen molar-refractivity contribution in [1.82, 2.24) is 10.2 Å². The normalized spacial score (nSPS) is 30.9. The molecule has 0 radical (unpaired) electrons. The van der Waals surface area contributed by atoms with Gasteiger partial charge in [0.25, 0.3) is 0 Å². The Hall–Kier alpha value is -0.0800. The van der Waals surface area contributed by atoms with E-state index >= 15 is 0 Å². The predicted molar refractivity (Wildman–Crippen MR) is 90.6 cm³/mol. The maximum absolute atomic E-state index is 3.81. The fraction of sp³-hybridized carbons (Fsp3) is 1.00. The first-order valence-corrected chi connectivity index (χ1v) is 9.68. The average Bonchev–Trinajstić information content (AvgIpc) is 2.94. The van der Waals surface area contributed by atoms with Crippen molar-refractivity contribution in [2.24, 2.45) is 11.3 Å². The van der Waals surface area contributed by atoms with Gasteiger partial charge in [-0.2, -0.15) is 0 Å². The zero-order valence-corrected chi connectivity index (χ0v) is 14.4. The number of likely N-dealkylation sites (tertiary alicyclic amines) is 1. The van der Waals surface area contributed by atoms with E-state index in [0.29, 0.717) is 5.41 Å². The quantitative estimate of drug-likeness (QED) is 0.721. The van der Waals surface area contributed by atoms with Gasteiger partial charge in [0, 0.05) is 25.2 Å². The van der Waals surface area contributed by atoms with Crippen molar-refractivity contribution in [2.75, 3.05) is 19.6 Å². The van der Waals surface area contributed by atoms with Crippen LogP contribution in [-0.2, 0) is 0 Å². The molecule has 0 spiro atoms. The third-order valence-corrected chi connectivity index (χ3v) is 6.19. The molecule has 0 bridgehead atoms. The molecule has 0 aromatic carbocycles. The third-order valence-electron chi connectivity index (χ3n) is 6.19. The van der Waals surface area contributed by atoms with Crippen LogP contribution in [0, 0.1) is 11.3 Å². The van der Waals surface area contributed by atoms with Gasteiger partial charge in [0.1, 0.15) is 0 Å². The molecule has 3 aliphatic rings. The van der Waals surface area contributed by atoms with Crippen molar-refractivity contribution in [3.63, 3.8) is 0 Å². The minimum atomic E-state index is 0.485. The maximum Gasteiger partial charge on any atom is 0.0124 e. The van der Waals surface area contributed by atoms with Gasteiger partial charge >= 0.3 is 0 Å². The molecule has 3 rings (SSSR count). The Morgan fingerprint density at radius 1 is 1.05 bits per heavy atom. The molecule has 1 N–H and O–H groups in total. The van der Waals surface area contributed by atoms with Crippen LogP contribution in [0.25, 0.3) is 0 Å². The van der Waals surface area contributed by atoms with Crippen LogP contribution in [0.2, 0.25) is 0 Å². The zero-order valence-electron chi connectivity index (χ0n) is 14.4. The largest absolute Gasteiger partial charge is 0.313 e. The maximum atomic E-state index is 3.81. The number of nitrogens with one attached hydrogen (secondary N) is 1. The topological polar surface area (TPSA) is 15.3 Å². The van der Waals surface area contributed by atoms with Gasteiger partial charge in [-0.1, -0.05) is 33.1 Å². The molecular weight excluding hydrogens is 256 g/mol. The van der Waals surface area contributed by atoms with E-state index in [2.05, 4.69) is 24.1 Å². The van der Waals surface area contributed by atoms with Crippen LogP contribution >= 0.6 is 0 Å². The summed E-state index contributed by atoms with van der Waals surface area (Å²) in [5, 5.41) is 3.81. The monoisotopic (exact) mass is 292 g/mol. The van der Waals surface area contributed by atoms with E-state index in [1.165, 1.54) is 83.8 Å². The Balaban J connectivity index is 1.57. The lowest BCUT2D eigenvalue weighted by atomic mass is 9.83. The second kappa shape index (κ2) is 7.00. The number of hydrogen-bond acceptors (Lipinski definition) is 2. The van der Waals surface area contributed by atoms with E-state index in [-0.39, 0.29) is 0 Å². The second-order valence-corrected chi connectivity index (χ2v) is 8.44. The van der Waals surface area contributed by atoms with E-state index in [0.717, 1.165) is 18.0 Å². The van der Waals surface area contributed by atoms with Crippen molar-refractivity contribution >= 4 is 0 Å². The Morgan fingerprint density at radius 2 is 1.81 bits per heavy atom. The highest BCUT2D eigenvalue weighted by Gasteiger charge is 2.37. The summed E-state index contributed by atoms with van der Waals surface area (Å²) < 4.78 is 0. The summed E-state index contributed by atoms with van der Waals surface area (Å²) >= 11 is 0. The molecule has 1 heterocycles. The minimum absolute atomic E-state index is 0.485. The summed E-state index contributed by atoms with van der Waals surface area (Å²) in [7, 11) is 0. The van der Waals surface area contributed by atoms with E-state index in [1.807, 2.05) is 0 Å². The third kappa shape index (κ3) is 4.22. The van der Waals surface area contributed by atoms with Crippen LogP contribution in [0.1, 0.15) is 78.1 Å². The SMILES string of the molecule is CCCC(C)(CNC1CC1)CN1CCCC1C1CCCC1. The van der Waals surface area contributed by atoms with Crippen LogP contribution in [0.15, 0.2) is 0 Å². The summed E-state index contributed by atoms with van der Waals surface area (Å²) in [6.45, 7) is 8.83. The first kappa shape index (κ1) is 15.8. The van der Waals surface area contributed by atoms with Crippen molar-refractivity contribution < 1.29 is 0 Å². The standard InChI is InChI=1S/C19H36N2/c1-3-12-19(2,14-20-17-10-11-17)15-21-13-6-9-18(21)16-7-4-5-8-16/h16-18,20H,3-15H2,1-2H3. The molecule has 21 heavy (non-hydrogen) atoms. The van der Waals surface area contributed by atoms with E-state index in [4.69, 9.17) is 0 Å². The summed E-state index contributed by atoms with van der Waals surface area (Å²) in [5.74, 6) is 1.02. The van der Waals surface area contributed by atoms with Gasteiger partial charge < -0.3 is 5.32 Å². The van der Waals surface area contributed by atoms with Crippen molar-refractivity contribution in [3.8, 4) is 0 Å². The highest BCUT2D eigenvalue weighted by atomic mass is 15.2. The Kier molecular flexibility index (Phi) is 5.27. The lowest BCUT2D eigenvalue weighted by Crippen LogP contribution is -2.46. The highest BCUT2D eigenvalue weighted by molar-refractivity contribution is 4.92. The van der Waals surface area contributed by atoms with Crippen molar-refractivity contribution in [2.45, 2.75) is 90.1 Å². The Morgan fingerprint density at radius 3 is 2.48 bits per heavy atom. The molecule has 2 saturated carbocycles. The van der Waals surface area contributed by atoms with E-state index in [9.17, 15) is 0 Å². The molecule has 0 aromatic rings. The van der Waals surface area contributed by atoms with Crippen LogP contribution in [0.3, 0.4) is 0 Å². The number of hydrogen-bond donors (Lipinski definition) is 1. The molecule has 2 heteroatoms.